The molecule has 0 amide bonds. The molecule has 0 unspecified atom stereocenters. The number of aliphatic carboxylic acids is 1. The minimum Gasteiger partial charge on any atom is -0.481 e. The summed E-state index contributed by atoms with van der Waals surface area (Å²) in [5, 5.41) is 9.12. The molecule has 3 rings (SSSR count). The van der Waals surface area contributed by atoms with Crippen molar-refractivity contribution in [3.63, 3.8) is 0 Å². The fraction of sp³-hybridized carbons (Fsp3) is 0.176. The molecule has 1 aliphatic heterocycles. The van der Waals surface area contributed by atoms with Crippen molar-refractivity contribution in [2.24, 2.45) is 0 Å². The van der Waals surface area contributed by atoms with Crippen molar-refractivity contribution in [1.82, 2.24) is 0 Å². The first kappa shape index (κ1) is 17.5. The van der Waals surface area contributed by atoms with Gasteiger partial charge in [-0.25, -0.2) is 0 Å². The first-order valence-electron chi connectivity index (χ1n) is 6.72. The van der Waals surface area contributed by atoms with Gasteiger partial charge in [-0.2, -0.15) is 0 Å². The smallest absolute Gasteiger partial charge is 0.481 e. The maximum atomic E-state index is 12.4. The van der Waals surface area contributed by atoms with Crippen LogP contribution in [0, 0.1) is 0 Å². The molecule has 1 atom stereocenters. The van der Waals surface area contributed by atoms with Gasteiger partial charge in [0, 0.05) is 21.8 Å². The number of carboxylic acid groups (broad SMARTS) is 1. The predicted octanol–water partition coefficient (Wildman–Crippen LogP) is 3.38. The molecule has 1 heterocycles. The molecule has 0 fully saturated rings. The van der Waals surface area contributed by atoms with E-state index < -0.39 is 11.9 Å². The van der Waals surface area contributed by atoms with Gasteiger partial charge in [0.15, 0.2) is 5.78 Å². The second-order valence-corrected chi connectivity index (χ2v) is 6.21. The number of Topliss-reactive ketones (excluding diaryl/α,β-unsaturated/α-hetero) is 1. The van der Waals surface area contributed by atoms with Crippen LogP contribution in [0.4, 0.5) is 0 Å². The number of ketones is 1. The van der Waals surface area contributed by atoms with Crippen LogP contribution < -0.4 is 0 Å². The van der Waals surface area contributed by atoms with Crippen molar-refractivity contribution >= 4 is 61.3 Å². The Hall–Kier alpha value is -0.810. The van der Waals surface area contributed by atoms with Gasteiger partial charge in [0.2, 0.25) is 0 Å². The molecule has 0 aromatic heterocycles. The molecule has 2 aromatic rings. The van der Waals surface area contributed by atoms with E-state index in [2.05, 4.69) is 0 Å². The summed E-state index contributed by atoms with van der Waals surface area (Å²) < 4.78 is 0. The maximum Gasteiger partial charge on any atom is 2.00 e. The molecule has 0 spiro atoms. The number of carboxylic acids is 1. The first-order valence-corrected chi connectivity index (χ1v) is 7.53. The number of carbonyl (C=O) groups excluding carboxylic acids is 1. The molecule has 1 aliphatic rings. The van der Waals surface area contributed by atoms with E-state index in [1.807, 2.05) is 42.5 Å². The Morgan fingerprint density at radius 1 is 1.18 bits per heavy atom. The van der Waals surface area contributed by atoms with E-state index >= 15 is 0 Å². The molecule has 0 bridgehead atoms. The van der Waals surface area contributed by atoms with Crippen molar-refractivity contribution in [2.45, 2.75) is 29.1 Å². The largest absolute Gasteiger partial charge is 2.00 e. The van der Waals surface area contributed by atoms with Crippen LogP contribution in [-0.4, -0.2) is 54.6 Å². The SMILES string of the molecule is C[C@H](C(=O)O)c1ccc2c(c1)CC(=O)c1ccccc1S2.[Ca+2]. The molecular weight excluding hydrogens is 324 g/mol. The summed E-state index contributed by atoms with van der Waals surface area (Å²) >= 11 is 1.57. The van der Waals surface area contributed by atoms with Gasteiger partial charge in [0.05, 0.1) is 5.92 Å². The Morgan fingerprint density at radius 2 is 1.91 bits per heavy atom. The Labute approximate surface area is 163 Å². The molecular formula is C17H14CaO3S+2. The van der Waals surface area contributed by atoms with Gasteiger partial charge in [-0.15, -0.1) is 0 Å². The summed E-state index contributed by atoms with van der Waals surface area (Å²) in [6.45, 7) is 1.66. The normalized spacial score (nSPS) is 14.1. The van der Waals surface area contributed by atoms with Crippen LogP contribution in [0.5, 0.6) is 0 Å². The van der Waals surface area contributed by atoms with Crippen LogP contribution in [0.25, 0.3) is 0 Å². The molecule has 0 aliphatic carbocycles. The molecule has 106 valence electrons. The molecule has 0 saturated carbocycles. The summed E-state index contributed by atoms with van der Waals surface area (Å²) in [5.74, 6) is -1.34. The fourth-order valence-electron chi connectivity index (χ4n) is 2.42. The summed E-state index contributed by atoms with van der Waals surface area (Å²) in [4.78, 5) is 25.4. The zero-order valence-corrected chi connectivity index (χ0v) is 15.2. The minimum atomic E-state index is -0.856. The summed E-state index contributed by atoms with van der Waals surface area (Å²) in [5.41, 5.74) is 2.39. The molecule has 3 nitrogen and oxygen atoms in total. The van der Waals surface area contributed by atoms with Crippen molar-refractivity contribution < 1.29 is 14.7 Å². The van der Waals surface area contributed by atoms with E-state index in [9.17, 15) is 9.59 Å². The Kier molecular flexibility index (Phi) is 5.72. The third-order valence-electron chi connectivity index (χ3n) is 3.71. The van der Waals surface area contributed by atoms with Crippen molar-refractivity contribution in [1.29, 1.82) is 0 Å². The fourth-order valence-corrected chi connectivity index (χ4v) is 3.50. The van der Waals surface area contributed by atoms with Gasteiger partial charge in [-0.05, 0) is 30.2 Å². The predicted molar refractivity (Wildman–Crippen MR) is 86.8 cm³/mol. The molecule has 1 N–H and O–H groups in total. The van der Waals surface area contributed by atoms with E-state index in [1.165, 1.54) is 0 Å². The maximum absolute atomic E-state index is 12.4. The number of fused-ring (bicyclic) bond motifs is 2. The zero-order chi connectivity index (χ0) is 15.0. The number of hydrogen-bond donors (Lipinski definition) is 1. The van der Waals surface area contributed by atoms with Crippen molar-refractivity contribution in [3.8, 4) is 0 Å². The van der Waals surface area contributed by atoms with E-state index in [0.29, 0.717) is 6.42 Å². The van der Waals surface area contributed by atoms with Gasteiger partial charge in [0.25, 0.3) is 0 Å². The van der Waals surface area contributed by atoms with Crippen LogP contribution in [0.15, 0.2) is 52.3 Å². The van der Waals surface area contributed by atoms with E-state index in [4.69, 9.17) is 5.11 Å². The monoisotopic (exact) mass is 338 g/mol. The molecule has 2 aromatic carbocycles. The van der Waals surface area contributed by atoms with E-state index in [0.717, 1.165) is 26.5 Å². The summed E-state index contributed by atoms with van der Waals surface area (Å²) in [6.07, 6.45) is 0.319. The third-order valence-corrected chi connectivity index (χ3v) is 4.91. The average molecular weight is 338 g/mol. The number of hydrogen-bond acceptors (Lipinski definition) is 3. The Balaban J connectivity index is 0.00000176. The number of carbonyl (C=O) groups is 2. The van der Waals surface area contributed by atoms with Crippen LogP contribution in [-0.2, 0) is 11.2 Å². The number of rotatable bonds is 2. The molecule has 0 saturated heterocycles. The van der Waals surface area contributed by atoms with E-state index in [1.54, 1.807) is 18.7 Å². The second-order valence-electron chi connectivity index (χ2n) is 5.13. The molecule has 0 radical (unpaired) electrons. The van der Waals surface area contributed by atoms with Gasteiger partial charge < -0.3 is 5.11 Å². The standard InChI is InChI=1S/C17H14O3S.Ca/c1-10(17(19)20)11-6-7-15-12(8-11)9-14(18)13-4-2-3-5-16(13)21-15;/h2-8,10H,9H2,1H3,(H,19,20);/q;+2/t10-;/m0./s1. The first-order chi connectivity index (χ1) is 10.1. The summed E-state index contributed by atoms with van der Waals surface area (Å²) in [6, 6.07) is 13.2. The van der Waals surface area contributed by atoms with Gasteiger partial charge in [0.1, 0.15) is 0 Å². The minimum absolute atomic E-state index is 0. The van der Waals surface area contributed by atoms with Crippen LogP contribution in [0.2, 0.25) is 0 Å². The third kappa shape index (κ3) is 3.40. The number of benzene rings is 2. The second kappa shape index (κ2) is 7.18. The van der Waals surface area contributed by atoms with Crippen LogP contribution in [0.1, 0.15) is 34.3 Å². The quantitative estimate of drug-likeness (QED) is 0.853. The van der Waals surface area contributed by atoms with Crippen LogP contribution in [0.3, 0.4) is 0 Å². The van der Waals surface area contributed by atoms with Crippen LogP contribution >= 0.6 is 11.8 Å². The van der Waals surface area contributed by atoms with Gasteiger partial charge in [-0.1, -0.05) is 42.1 Å². The topological polar surface area (TPSA) is 54.4 Å². The Morgan fingerprint density at radius 3 is 2.64 bits per heavy atom. The van der Waals surface area contributed by atoms with Crippen molar-refractivity contribution in [3.05, 3.63) is 59.2 Å². The Bertz CT molecular complexity index is 742. The molecule has 22 heavy (non-hydrogen) atoms. The average Bonchev–Trinajstić information content (AvgIpc) is 2.61. The van der Waals surface area contributed by atoms with Gasteiger partial charge >= 0.3 is 43.7 Å². The zero-order valence-electron chi connectivity index (χ0n) is 12.2. The summed E-state index contributed by atoms with van der Waals surface area (Å²) in [7, 11) is 0. The van der Waals surface area contributed by atoms with Gasteiger partial charge in [-0.3, -0.25) is 9.59 Å². The molecule has 5 heteroatoms. The van der Waals surface area contributed by atoms with Crippen molar-refractivity contribution in [2.75, 3.05) is 0 Å². The van der Waals surface area contributed by atoms with E-state index in [-0.39, 0.29) is 43.5 Å².